The number of methoxy groups -OCH3 is 4. The number of allylic oxidation sites excluding steroid dienone is 6. The van der Waals surface area contributed by atoms with Crippen molar-refractivity contribution < 1.29 is 38.1 Å². The molecule has 0 atom stereocenters. The molecule has 0 aromatic carbocycles. The van der Waals surface area contributed by atoms with Crippen LogP contribution in [0.2, 0.25) is 0 Å². The van der Waals surface area contributed by atoms with Crippen molar-refractivity contribution in [2.45, 2.75) is 32.1 Å². The minimum Gasteiger partial charge on any atom is -0.465 e. The Morgan fingerprint density at radius 1 is 0.595 bits per heavy atom. The van der Waals surface area contributed by atoms with Crippen LogP contribution in [-0.4, -0.2) is 88.3 Å². The lowest BCUT2D eigenvalue weighted by Crippen LogP contribution is -2.29. The average molecular weight is 597 g/mol. The maximum absolute atomic E-state index is 13.5. The minimum atomic E-state index is -0.744. The highest BCUT2D eigenvalue weighted by molar-refractivity contribution is 8.05. The smallest absolute Gasteiger partial charge is 0.340 e. The summed E-state index contributed by atoms with van der Waals surface area (Å²) in [6, 6.07) is 0. The fourth-order valence-corrected chi connectivity index (χ4v) is 6.37. The van der Waals surface area contributed by atoms with E-state index in [0.717, 1.165) is 48.6 Å². The molecule has 0 radical (unpaired) electrons. The molecule has 224 valence electrons. The summed E-state index contributed by atoms with van der Waals surface area (Å²) in [5.74, 6) is -2.86. The normalized spacial score (nSPS) is 25.4. The molecule has 3 heterocycles. The maximum atomic E-state index is 13.5. The Kier molecular flexibility index (Phi) is 10.5. The molecule has 11 heteroatoms. The first-order valence-corrected chi connectivity index (χ1v) is 14.8. The zero-order valence-corrected chi connectivity index (χ0v) is 25.2. The van der Waals surface area contributed by atoms with Gasteiger partial charge in [-0.15, -0.1) is 11.8 Å². The Balaban J connectivity index is 2.13. The molecule has 4 aliphatic rings. The van der Waals surface area contributed by atoms with Crippen molar-refractivity contribution >= 4 is 35.6 Å². The first-order chi connectivity index (χ1) is 20.4. The largest absolute Gasteiger partial charge is 0.465 e. The number of hydrogen-bond acceptors (Lipinski definition) is 11. The first kappa shape index (κ1) is 31.0. The molecule has 2 saturated heterocycles. The lowest BCUT2D eigenvalue weighted by molar-refractivity contribution is -0.139. The lowest BCUT2D eigenvalue weighted by atomic mass is 9.91. The minimum absolute atomic E-state index is 0.0275. The topological polar surface area (TPSA) is 112 Å². The quantitative estimate of drug-likeness (QED) is 0.331. The standard InChI is InChI=1S/C31H36N2O8S/c1-38-28(34)22-18-42-19-23(29(35)39-2)25(31(37)41-4)27(33-15-9-10-16-33)21-12-6-5-11-20(17-21)26(24(22)30(36)40-3)32-13-7-8-14-32/h5-6,11-12,18-19H,7-10,13-17H2,1-4H3/b22-18-,23-19-,26-24-,27-25-. The van der Waals surface area contributed by atoms with Gasteiger partial charge in [0.25, 0.3) is 0 Å². The number of thioether (sulfide) groups is 1. The molecule has 42 heavy (non-hydrogen) atoms. The Labute approximate surface area is 250 Å². The molecule has 0 N–H and O–H groups in total. The van der Waals surface area contributed by atoms with Crippen molar-refractivity contribution in [3.63, 3.8) is 0 Å². The molecule has 0 saturated carbocycles. The summed E-state index contributed by atoms with van der Waals surface area (Å²) in [4.78, 5) is 57.7. The Bertz CT molecular complexity index is 1250. The number of hydrogen-bond donors (Lipinski definition) is 0. The van der Waals surface area contributed by atoms with Crippen molar-refractivity contribution in [2.24, 2.45) is 0 Å². The third-order valence-electron chi connectivity index (χ3n) is 7.51. The number of carbonyl (C=O) groups excluding carboxylic acids is 4. The number of rotatable bonds is 6. The van der Waals surface area contributed by atoms with Gasteiger partial charge in [-0.1, -0.05) is 24.3 Å². The fraction of sp³-hybridized carbons (Fsp3) is 0.419. The molecule has 4 rings (SSSR count). The number of esters is 4. The zero-order chi connectivity index (χ0) is 30.2. The molecule has 0 aromatic heterocycles. The molecule has 1 aliphatic carbocycles. The summed E-state index contributed by atoms with van der Waals surface area (Å²) in [7, 11) is 5.01. The number of ether oxygens (including phenoxy) is 4. The van der Waals surface area contributed by atoms with Gasteiger partial charge in [0.2, 0.25) is 0 Å². The van der Waals surface area contributed by atoms with E-state index in [4.69, 9.17) is 18.9 Å². The van der Waals surface area contributed by atoms with E-state index in [9.17, 15) is 19.2 Å². The average Bonchev–Trinajstić information content (AvgIpc) is 3.69. The summed E-state index contributed by atoms with van der Waals surface area (Å²) in [6.07, 6.45) is 11.5. The van der Waals surface area contributed by atoms with Crippen molar-refractivity contribution in [3.05, 3.63) is 80.0 Å². The van der Waals surface area contributed by atoms with Crippen LogP contribution < -0.4 is 0 Å². The van der Waals surface area contributed by atoms with Gasteiger partial charge in [-0.05, 0) is 47.6 Å². The first-order valence-electron chi connectivity index (χ1n) is 13.8. The van der Waals surface area contributed by atoms with Gasteiger partial charge in [0.05, 0.1) is 62.1 Å². The number of fused-ring (bicyclic) bond motifs is 2. The number of likely N-dealkylation sites (tertiary alicyclic amines) is 2. The van der Waals surface area contributed by atoms with Gasteiger partial charge in [0.15, 0.2) is 0 Å². The second-order valence-electron chi connectivity index (χ2n) is 9.95. The Hall–Kier alpha value is -3.99. The van der Waals surface area contributed by atoms with Crippen LogP contribution in [0, 0.1) is 0 Å². The summed E-state index contributed by atoms with van der Waals surface area (Å²) < 4.78 is 20.7. The Morgan fingerprint density at radius 2 is 0.952 bits per heavy atom. The Morgan fingerprint density at radius 3 is 1.29 bits per heavy atom. The van der Waals surface area contributed by atoms with Crippen LogP contribution in [0.4, 0.5) is 0 Å². The van der Waals surface area contributed by atoms with E-state index in [2.05, 4.69) is 9.80 Å². The molecule has 0 aromatic rings. The lowest BCUT2D eigenvalue weighted by Gasteiger charge is -2.31. The van der Waals surface area contributed by atoms with Crippen LogP contribution in [0.5, 0.6) is 0 Å². The SMILES string of the molecule is COC(=O)C1=C\S/C=C(C(=O)OC)/C(C(=O)OC)=C(/N2CCCC2)C2=CC=CC=C(C2)/C(N2CCCC2)=C\1C(=O)OC. The summed E-state index contributed by atoms with van der Waals surface area (Å²) in [5, 5.41) is 2.87. The van der Waals surface area contributed by atoms with Crippen LogP contribution in [0.25, 0.3) is 0 Å². The predicted molar refractivity (Wildman–Crippen MR) is 157 cm³/mol. The van der Waals surface area contributed by atoms with Gasteiger partial charge in [-0.25, -0.2) is 19.2 Å². The van der Waals surface area contributed by atoms with Crippen molar-refractivity contribution in [2.75, 3.05) is 54.6 Å². The van der Waals surface area contributed by atoms with Crippen molar-refractivity contribution in [3.8, 4) is 0 Å². The molecule has 0 unspecified atom stereocenters. The highest BCUT2D eigenvalue weighted by Crippen LogP contribution is 2.40. The van der Waals surface area contributed by atoms with E-state index < -0.39 is 23.9 Å². The molecule has 2 bridgehead atoms. The fourth-order valence-electron chi connectivity index (χ4n) is 5.60. The zero-order valence-electron chi connectivity index (χ0n) is 24.4. The molecular weight excluding hydrogens is 560 g/mol. The molecule has 0 spiro atoms. The van der Waals surface area contributed by atoms with E-state index in [-0.39, 0.29) is 22.3 Å². The number of nitrogens with zero attached hydrogens (tertiary/aromatic N) is 2. The van der Waals surface area contributed by atoms with E-state index in [1.165, 1.54) is 39.3 Å². The second kappa shape index (κ2) is 14.3. The molecule has 2 fully saturated rings. The summed E-state index contributed by atoms with van der Waals surface area (Å²) >= 11 is 0.956. The van der Waals surface area contributed by atoms with Crippen LogP contribution in [0.1, 0.15) is 32.1 Å². The molecule has 10 nitrogen and oxygen atoms in total. The molecule has 0 amide bonds. The van der Waals surface area contributed by atoms with Gasteiger partial charge in [0.1, 0.15) is 0 Å². The predicted octanol–water partition coefficient (Wildman–Crippen LogP) is 3.71. The van der Waals surface area contributed by atoms with Gasteiger partial charge in [0, 0.05) is 32.6 Å². The molecular formula is C31H36N2O8S. The highest BCUT2D eigenvalue weighted by atomic mass is 32.2. The van der Waals surface area contributed by atoms with Crippen LogP contribution >= 0.6 is 11.8 Å². The maximum Gasteiger partial charge on any atom is 0.340 e. The monoisotopic (exact) mass is 596 g/mol. The summed E-state index contributed by atoms with van der Waals surface area (Å²) in [6.45, 7) is 2.75. The third kappa shape index (κ3) is 6.41. The van der Waals surface area contributed by atoms with E-state index in [0.29, 0.717) is 44.0 Å². The van der Waals surface area contributed by atoms with Crippen LogP contribution in [-0.2, 0) is 38.1 Å². The second-order valence-corrected chi connectivity index (χ2v) is 10.7. The van der Waals surface area contributed by atoms with Crippen molar-refractivity contribution in [1.82, 2.24) is 9.80 Å². The van der Waals surface area contributed by atoms with Gasteiger partial charge >= 0.3 is 23.9 Å². The van der Waals surface area contributed by atoms with Crippen molar-refractivity contribution in [1.29, 1.82) is 0 Å². The van der Waals surface area contributed by atoms with Crippen LogP contribution in [0.15, 0.2) is 80.0 Å². The van der Waals surface area contributed by atoms with Crippen LogP contribution in [0.3, 0.4) is 0 Å². The summed E-state index contributed by atoms with van der Waals surface area (Å²) in [5.41, 5.74) is 2.76. The molecule has 3 aliphatic heterocycles. The van der Waals surface area contributed by atoms with E-state index in [1.807, 2.05) is 24.3 Å². The van der Waals surface area contributed by atoms with Gasteiger partial charge < -0.3 is 28.7 Å². The number of carbonyl (C=O) groups is 4. The van der Waals surface area contributed by atoms with E-state index in [1.54, 1.807) is 0 Å². The highest BCUT2D eigenvalue weighted by Gasteiger charge is 2.36. The third-order valence-corrected chi connectivity index (χ3v) is 8.26. The van der Waals surface area contributed by atoms with Gasteiger partial charge in [-0.2, -0.15) is 0 Å². The van der Waals surface area contributed by atoms with Gasteiger partial charge in [-0.3, -0.25) is 0 Å². The van der Waals surface area contributed by atoms with E-state index >= 15 is 0 Å².